The molecule has 3 heterocycles. The lowest BCUT2D eigenvalue weighted by atomic mass is 10.1. The molecule has 1 aliphatic heterocycles. The fraction of sp³-hybridized carbons (Fsp3) is 0.261. The maximum Gasteiger partial charge on any atom is 0.276 e. The second-order valence-corrected chi connectivity index (χ2v) is 7.67. The van der Waals surface area contributed by atoms with Crippen molar-refractivity contribution in [1.29, 1.82) is 0 Å². The van der Waals surface area contributed by atoms with Crippen LogP contribution in [0.15, 0.2) is 53.3 Å². The van der Waals surface area contributed by atoms with E-state index < -0.39 is 0 Å². The van der Waals surface area contributed by atoms with E-state index >= 15 is 0 Å². The number of para-hydroxylation sites is 2. The first-order valence-corrected chi connectivity index (χ1v) is 10.1. The number of fused-ring (bicyclic) bond motifs is 2. The molecule has 5 rings (SSSR count). The molecule has 1 atom stereocenters. The zero-order valence-electron chi connectivity index (χ0n) is 16.6. The van der Waals surface area contributed by atoms with E-state index in [1.165, 1.54) is 0 Å². The summed E-state index contributed by atoms with van der Waals surface area (Å²) in [6.45, 7) is 1.30. The average molecular weight is 402 g/mol. The van der Waals surface area contributed by atoms with Crippen molar-refractivity contribution in [3.63, 3.8) is 0 Å². The highest BCUT2D eigenvalue weighted by atomic mass is 16.5. The molecule has 152 valence electrons. The molecule has 0 radical (unpaired) electrons. The number of benzene rings is 2. The number of hydrogen-bond donors (Lipinski definition) is 2. The van der Waals surface area contributed by atoms with Gasteiger partial charge in [-0.2, -0.15) is 0 Å². The molecule has 1 unspecified atom stereocenters. The van der Waals surface area contributed by atoms with Gasteiger partial charge in [-0.25, -0.2) is 4.98 Å². The molecule has 4 aromatic rings. The van der Waals surface area contributed by atoms with Crippen LogP contribution in [0.3, 0.4) is 0 Å². The van der Waals surface area contributed by atoms with Crippen LogP contribution < -0.4 is 5.56 Å². The number of aromatic nitrogens is 3. The average Bonchev–Trinajstić information content (AvgIpc) is 3.39. The van der Waals surface area contributed by atoms with Crippen LogP contribution in [0, 0.1) is 0 Å². The van der Waals surface area contributed by atoms with E-state index in [1.807, 2.05) is 53.4 Å². The maximum atomic E-state index is 13.0. The van der Waals surface area contributed by atoms with Crippen molar-refractivity contribution in [2.45, 2.75) is 18.9 Å². The van der Waals surface area contributed by atoms with Crippen LogP contribution in [0.1, 0.15) is 23.2 Å². The van der Waals surface area contributed by atoms with E-state index in [-0.39, 0.29) is 17.5 Å². The maximum absolute atomic E-state index is 13.0. The van der Waals surface area contributed by atoms with E-state index in [9.17, 15) is 9.59 Å². The number of nitrogens with one attached hydrogen (secondary N) is 2. The van der Waals surface area contributed by atoms with Crippen molar-refractivity contribution < 1.29 is 9.53 Å². The fourth-order valence-electron chi connectivity index (χ4n) is 4.24. The lowest BCUT2D eigenvalue weighted by Gasteiger charge is -2.24. The molecule has 30 heavy (non-hydrogen) atoms. The Hall–Kier alpha value is -3.45. The Bertz CT molecular complexity index is 1310. The van der Waals surface area contributed by atoms with Gasteiger partial charge in [-0.15, -0.1) is 0 Å². The van der Waals surface area contributed by atoms with Gasteiger partial charge in [0.1, 0.15) is 0 Å². The Morgan fingerprint density at radius 3 is 2.90 bits per heavy atom. The molecule has 7 heteroatoms. The van der Waals surface area contributed by atoms with Gasteiger partial charge in [-0.3, -0.25) is 9.59 Å². The number of carbonyl (C=O) groups is 1. The number of ether oxygens (including phenoxy) is 1. The molecule has 2 aromatic heterocycles. The first kappa shape index (κ1) is 18.6. The topological polar surface area (TPSA) is 91.1 Å². The van der Waals surface area contributed by atoms with Crippen molar-refractivity contribution in [3.8, 4) is 11.4 Å². The van der Waals surface area contributed by atoms with Crippen LogP contribution in [0.5, 0.6) is 0 Å². The highest BCUT2D eigenvalue weighted by molar-refractivity contribution is 5.99. The Morgan fingerprint density at radius 2 is 2.03 bits per heavy atom. The van der Waals surface area contributed by atoms with Crippen LogP contribution in [-0.2, 0) is 4.74 Å². The molecule has 0 bridgehead atoms. The first-order valence-electron chi connectivity index (χ1n) is 10.1. The molecule has 7 nitrogen and oxygen atoms in total. The van der Waals surface area contributed by atoms with Gasteiger partial charge >= 0.3 is 0 Å². The minimum Gasteiger partial charge on any atom is -0.383 e. The Labute approximate surface area is 172 Å². The van der Waals surface area contributed by atoms with E-state index in [1.54, 1.807) is 7.11 Å². The number of carbonyl (C=O) groups excluding carboxylic acids is 1. The smallest absolute Gasteiger partial charge is 0.276 e. The van der Waals surface area contributed by atoms with Crippen LogP contribution >= 0.6 is 0 Å². The van der Waals surface area contributed by atoms with E-state index in [2.05, 4.69) is 15.0 Å². The highest BCUT2D eigenvalue weighted by Gasteiger charge is 2.29. The summed E-state index contributed by atoms with van der Waals surface area (Å²) in [5.74, 6) is 0.0147. The SMILES string of the molecule is COCC1CCCN1C(=O)c1ccc2[nH]c(-c3nc4ccccc4[nH]c3=O)cc2c1. The standard InChI is InChI=1S/C23H22N4O3/c1-30-13-16-5-4-10-27(16)23(29)14-8-9-17-15(11-14)12-20(24-17)21-22(28)26-19-7-3-2-6-18(19)25-21/h2-3,6-9,11-12,16,24H,4-5,10,13H2,1H3,(H,26,28). The van der Waals surface area contributed by atoms with Crippen molar-refractivity contribution in [2.24, 2.45) is 0 Å². The second-order valence-electron chi connectivity index (χ2n) is 7.67. The molecule has 1 amide bonds. The number of likely N-dealkylation sites (tertiary alicyclic amines) is 1. The number of nitrogens with zero attached hydrogens (tertiary/aromatic N) is 2. The molecule has 1 aliphatic rings. The Balaban J connectivity index is 1.51. The molecule has 1 fully saturated rings. The summed E-state index contributed by atoms with van der Waals surface area (Å²) < 4.78 is 5.27. The van der Waals surface area contributed by atoms with E-state index in [0.717, 1.165) is 35.8 Å². The summed E-state index contributed by atoms with van der Waals surface area (Å²) in [4.78, 5) is 38.1. The summed E-state index contributed by atoms with van der Waals surface area (Å²) >= 11 is 0. The second kappa shape index (κ2) is 7.42. The number of hydrogen-bond acceptors (Lipinski definition) is 4. The third-order valence-corrected chi connectivity index (χ3v) is 5.72. The van der Waals surface area contributed by atoms with Crippen LogP contribution in [0.2, 0.25) is 0 Å². The predicted molar refractivity (Wildman–Crippen MR) is 116 cm³/mol. The molecule has 2 N–H and O–H groups in total. The summed E-state index contributed by atoms with van der Waals surface area (Å²) in [5.41, 5.74) is 3.61. The highest BCUT2D eigenvalue weighted by Crippen LogP contribution is 2.25. The van der Waals surface area contributed by atoms with Crippen molar-refractivity contribution in [1.82, 2.24) is 19.9 Å². The number of methoxy groups -OCH3 is 1. The third-order valence-electron chi connectivity index (χ3n) is 5.72. The van der Waals surface area contributed by atoms with Gasteiger partial charge in [0.15, 0.2) is 5.69 Å². The van der Waals surface area contributed by atoms with Gasteiger partial charge in [-0.05, 0) is 49.2 Å². The number of H-pyrrole nitrogens is 2. The van der Waals surface area contributed by atoms with E-state index in [4.69, 9.17) is 4.74 Å². The normalized spacial score (nSPS) is 16.6. The van der Waals surface area contributed by atoms with Crippen molar-refractivity contribution >= 4 is 27.8 Å². The summed E-state index contributed by atoms with van der Waals surface area (Å²) in [6, 6.07) is 15.0. The van der Waals surface area contributed by atoms with E-state index in [0.29, 0.717) is 29.1 Å². The van der Waals surface area contributed by atoms with Crippen LogP contribution in [0.25, 0.3) is 33.3 Å². The summed E-state index contributed by atoms with van der Waals surface area (Å²) in [7, 11) is 1.66. The van der Waals surface area contributed by atoms with Gasteiger partial charge in [-0.1, -0.05) is 12.1 Å². The monoisotopic (exact) mass is 402 g/mol. The molecule has 2 aromatic carbocycles. The molecule has 0 aliphatic carbocycles. The molecule has 0 spiro atoms. The van der Waals surface area contributed by atoms with Gasteiger partial charge in [0.25, 0.3) is 11.5 Å². The lowest BCUT2D eigenvalue weighted by Crippen LogP contribution is -2.38. The molecular formula is C23H22N4O3. The van der Waals surface area contributed by atoms with Crippen molar-refractivity contribution in [2.75, 3.05) is 20.3 Å². The quantitative estimate of drug-likeness (QED) is 0.548. The predicted octanol–water partition coefficient (Wildman–Crippen LogP) is 3.32. The first-order chi connectivity index (χ1) is 14.6. The van der Waals surface area contributed by atoms with Crippen LogP contribution in [0.4, 0.5) is 0 Å². The summed E-state index contributed by atoms with van der Waals surface area (Å²) in [6.07, 6.45) is 1.96. The van der Waals surface area contributed by atoms with Gasteiger partial charge in [0, 0.05) is 30.1 Å². The van der Waals surface area contributed by atoms with Gasteiger partial charge in [0.05, 0.1) is 29.4 Å². The number of amides is 1. The third kappa shape index (κ3) is 3.17. The largest absolute Gasteiger partial charge is 0.383 e. The molecule has 0 saturated carbocycles. The number of aromatic amines is 2. The van der Waals surface area contributed by atoms with Gasteiger partial charge in [0.2, 0.25) is 0 Å². The zero-order chi connectivity index (χ0) is 20.7. The molecule has 1 saturated heterocycles. The van der Waals surface area contributed by atoms with Crippen molar-refractivity contribution in [3.05, 3.63) is 64.4 Å². The Morgan fingerprint density at radius 1 is 1.17 bits per heavy atom. The lowest BCUT2D eigenvalue weighted by molar-refractivity contribution is 0.0631. The summed E-state index contributed by atoms with van der Waals surface area (Å²) in [5, 5.41) is 0.868. The Kier molecular flexibility index (Phi) is 4.59. The van der Waals surface area contributed by atoms with Gasteiger partial charge < -0.3 is 19.6 Å². The molecular weight excluding hydrogens is 380 g/mol. The van der Waals surface area contributed by atoms with Crippen LogP contribution in [-0.4, -0.2) is 52.1 Å². The minimum absolute atomic E-state index is 0.0147. The zero-order valence-corrected chi connectivity index (χ0v) is 16.6. The fourth-order valence-corrected chi connectivity index (χ4v) is 4.24. The minimum atomic E-state index is -0.254. The number of rotatable bonds is 4.